The van der Waals surface area contributed by atoms with E-state index in [0.717, 1.165) is 43.5 Å². The number of aryl methyl sites for hydroxylation is 1. The van der Waals surface area contributed by atoms with Crippen molar-refractivity contribution in [2.24, 2.45) is 16.7 Å². The summed E-state index contributed by atoms with van der Waals surface area (Å²) in [7, 11) is 0. The Kier molecular flexibility index (Phi) is 5.93. The third kappa shape index (κ3) is 3.94. The highest BCUT2D eigenvalue weighted by molar-refractivity contribution is 6.30. The van der Waals surface area contributed by atoms with E-state index in [1.165, 1.54) is 24.1 Å². The van der Waals surface area contributed by atoms with Gasteiger partial charge < -0.3 is 14.7 Å². The van der Waals surface area contributed by atoms with Gasteiger partial charge in [0, 0.05) is 43.4 Å². The number of anilines is 1. The predicted molar refractivity (Wildman–Crippen MR) is 120 cm³/mol. The molecule has 2 saturated carbocycles. The topological polar surface area (TPSA) is 35.9 Å². The van der Waals surface area contributed by atoms with E-state index in [0.29, 0.717) is 24.7 Å². The van der Waals surface area contributed by atoms with Crippen molar-refractivity contribution < 1.29 is 9.84 Å². The van der Waals surface area contributed by atoms with Crippen LogP contribution in [0.25, 0.3) is 0 Å². The fourth-order valence-electron chi connectivity index (χ4n) is 6.05. The summed E-state index contributed by atoms with van der Waals surface area (Å²) in [6.45, 7) is 14.3. The zero-order chi connectivity index (χ0) is 20.8. The Labute approximate surface area is 181 Å². The smallest absolute Gasteiger partial charge is 0.0900 e. The van der Waals surface area contributed by atoms with E-state index in [2.05, 4.69) is 49.6 Å². The molecule has 1 heterocycles. The molecule has 3 aliphatic rings. The van der Waals surface area contributed by atoms with E-state index < -0.39 is 6.10 Å². The van der Waals surface area contributed by atoms with Crippen LogP contribution >= 0.6 is 11.6 Å². The number of fused-ring (bicyclic) bond motifs is 2. The van der Waals surface area contributed by atoms with E-state index in [9.17, 15) is 5.11 Å². The van der Waals surface area contributed by atoms with Crippen molar-refractivity contribution >= 4 is 17.3 Å². The molecule has 0 radical (unpaired) electrons. The highest BCUT2D eigenvalue weighted by atomic mass is 35.5. The number of rotatable bonds is 6. The Balaban J connectivity index is 1.24. The lowest BCUT2D eigenvalue weighted by atomic mass is 9.70. The number of nitrogens with zero attached hydrogens (tertiary/aromatic N) is 2. The van der Waals surface area contributed by atoms with Gasteiger partial charge in [0.15, 0.2) is 0 Å². The van der Waals surface area contributed by atoms with Crippen LogP contribution in [0.1, 0.15) is 45.6 Å². The second-order valence-electron chi connectivity index (χ2n) is 10.3. The summed E-state index contributed by atoms with van der Waals surface area (Å²) in [5, 5.41) is 11.4. The molecule has 162 valence electrons. The standard InChI is InChI=1S/C24H37ClN2O2/c1-17-5-6-19(25)14-21(17)27-11-9-26(10-12-27)15-20(28)16-29-22-13-18-7-8-24(22,4)23(18,2)3/h5-6,14,18,20,22,28H,7-13,15-16H2,1-4H3/t18-,20+,22+,24-/m0/s1. The average Bonchev–Trinajstić information content (AvgIpc) is 3.02. The second kappa shape index (κ2) is 8.03. The van der Waals surface area contributed by atoms with E-state index in [4.69, 9.17) is 16.3 Å². The van der Waals surface area contributed by atoms with Crippen LogP contribution in [0.3, 0.4) is 0 Å². The fourth-order valence-corrected chi connectivity index (χ4v) is 6.22. The molecule has 1 saturated heterocycles. The molecule has 4 nitrogen and oxygen atoms in total. The van der Waals surface area contributed by atoms with Gasteiger partial charge in [-0.3, -0.25) is 4.90 Å². The quantitative estimate of drug-likeness (QED) is 0.741. The Hall–Kier alpha value is -0.810. The van der Waals surface area contributed by atoms with Crippen LogP contribution in [0, 0.1) is 23.7 Å². The zero-order valence-electron chi connectivity index (χ0n) is 18.5. The summed E-state index contributed by atoms with van der Waals surface area (Å²) >= 11 is 6.19. The molecule has 2 aliphatic carbocycles. The van der Waals surface area contributed by atoms with E-state index >= 15 is 0 Å². The lowest BCUT2D eigenvalue weighted by Gasteiger charge is -2.40. The van der Waals surface area contributed by atoms with E-state index in [1.54, 1.807) is 0 Å². The van der Waals surface area contributed by atoms with Gasteiger partial charge in [-0.1, -0.05) is 38.4 Å². The Morgan fingerprint density at radius 3 is 2.55 bits per heavy atom. The first-order valence-corrected chi connectivity index (χ1v) is 11.6. The van der Waals surface area contributed by atoms with Gasteiger partial charge in [0.2, 0.25) is 0 Å². The summed E-state index contributed by atoms with van der Waals surface area (Å²) < 4.78 is 6.30. The van der Waals surface area contributed by atoms with Gasteiger partial charge in [-0.2, -0.15) is 0 Å². The average molecular weight is 421 g/mol. The predicted octanol–water partition coefficient (Wildman–Crippen LogP) is 4.36. The SMILES string of the molecule is Cc1ccc(Cl)cc1N1CCN(C[C@@H](O)CO[C@@H]2C[C@@H]3CC[C@]2(C)C3(C)C)CC1. The number of hydrogen-bond acceptors (Lipinski definition) is 4. The van der Waals surface area contributed by atoms with Crippen LogP contribution in [0.2, 0.25) is 5.02 Å². The largest absolute Gasteiger partial charge is 0.389 e. The number of ether oxygens (including phenoxy) is 1. The monoisotopic (exact) mass is 420 g/mol. The molecule has 3 fully saturated rings. The minimum atomic E-state index is -0.416. The molecular formula is C24H37ClN2O2. The van der Waals surface area contributed by atoms with Crippen LogP contribution in [-0.4, -0.2) is 61.5 Å². The number of hydrogen-bond donors (Lipinski definition) is 1. The maximum atomic E-state index is 10.6. The first-order chi connectivity index (χ1) is 13.7. The van der Waals surface area contributed by atoms with Gasteiger partial charge in [0.05, 0.1) is 18.8 Å². The summed E-state index contributed by atoms with van der Waals surface area (Å²) in [5.41, 5.74) is 3.11. The van der Waals surface area contributed by atoms with Crippen LogP contribution < -0.4 is 4.90 Å². The molecule has 0 spiro atoms. The minimum absolute atomic E-state index is 0.262. The normalized spacial score (nSPS) is 32.7. The molecule has 5 heteroatoms. The molecular weight excluding hydrogens is 384 g/mol. The maximum Gasteiger partial charge on any atom is 0.0900 e. The molecule has 1 aromatic rings. The van der Waals surface area contributed by atoms with E-state index in [-0.39, 0.29) is 5.41 Å². The Bertz CT molecular complexity index is 732. The molecule has 0 amide bonds. The number of halogens is 1. The van der Waals surface area contributed by atoms with Gasteiger partial charge >= 0.3 is 0 Å². The molecule has 1 aliphatic heterocycles. The maximum absolute atomic E-state index is 10.6. The third-order valence-electron chi connectivity index (χ3n) is 8.56. The Morgan fingerprint density at radius 2 is 1.93 bits per heavy atom. The molecule has 2 bridgehead atoms. The molecule has 4 rings (SSSR count). The first kappa shape index (κ1) is 21.4. The second-order valence-corrected chi connectivity index (χ2v) is 10.7. The van der Waals surface area contributed by atoms with Gasteiger partial charge in [0.25, 0.3) is 0 Å². The van der Waals surface area contributed by atoms with Crippen molar-refractivity contribution in [1.29, 1.82) is 0 Å². The summed E-state index contributed by atoms with van der Waals surface area (Å²) in [6.07, 6.45) is 3.64. The lowest BCUT2D eigenvalue weighted by molar-refractivity contribution is -0.0794. The number of β-amino-alcohol motifs (C(OH)–C–C–N with tert-alkyl or cyclic N) is 1. The molecule has 1 N–H and O–H groups in total. The molecule has 0 aromatic heterocycles. The molecule has 4 atom stereocenters. The number of piperazine rings is 1. The van der Waals surface area contributed by atoms with Crippen molar-refractivity contribution in [3.8, 4) is 0 Å². The molecule has 1 aromatic carbocycles. The summed E-state index contributed by atoms with van der Waals surface area (Å²) in [6, 6.07) is 6.10. The number of aliphatic hydroxyl groups is 1. The number of aliphatic hydroxyl groups excluding tert-OH is 1. The van der Waals surface area contributed by atoms with Crippen LogP contribution in [-0.2, 0) is 4.74 Å². The minimum Gasteiger partial charge on any atom is -0.389 e. The van der Waals surface area contributed by atoms with Crippen molar-refractivity contribution in [1.82, 2.24) is 4.90 Å². The van der Waals surface area contributed by atoms with Crippen molar-refractivity contribution in [2.75, 3.05) is 44.2 Å². The van der Waals surface area contributed by atoms with E-state index in [1.807, 2.05) is 6.07 Å². The fraction of sp³-hybridized carbons (Fsp3) is 0.750. The van der Waals surface area contributed by atoms with Gasteiger partial charge in [-0.15, -0.1) is 0 Å². The highest BCUT2D eigenvalue weighted by Crippen LogP contribution is 2.66. The summed E-state index contributed by atoms with van der Waals surface area (Å²) in [5.74, 6) is 0.776. The lowest BCUT2D eigenvalue weighted by Crippen LogP contribution is -2.49. The van der Waals surface area contributed by atoms with Gasteiger partial charge in [-0.05, 0) is 60.6 Å². The highest BCUT2D eigenvalue weighted by Gasteiger charge is 2.61. The molecule has 0 unspecified atom stereocenters. The zero-order valence-corrected chi connectivity index (χ0v) is 19.2. The molecule has 29 heavy (non-hydrogen) atoms. The van der Waals surface area contributed by atoms with Crippen molar-refractivity contribution in [2.45, 2.75) is 59.2 Å². The number of benzene rings is 1. The van der Waals surface area contributed by atoms with Crippen LogP contribution in [0.15, 0.2) is 18.2 Å². The van der Waals surface area contributed by atoms with Crippen molar-refractivity contribution in [3.05, 3.63) is 28.8 Å². The third-order valence-corrected chi connectivity index (χ3v) is 8.79. The van der Waals surface area contributed by atoms with Gasteiger partial charge in [-0.25, -0.2) is 0 Å². The Morgan fingerprint density at radius 1 is 1.21 bits per heavy atom. The van der Waals surface area contributed by atoms with Gasteiger partial charge in [0.1, 0.15) is 0 Å². The van der Waals surface area contributed by atoms with Crippen LogP contribution in [0.5, 0.6) is 0 Å². The summed E-state index contributed by atoms with van der Waals surface area (Å²) in [4.78, 5) is 4.76. The van der Waals surface area contributed by atoms with Crippen molar-refractivity contribution in [3.63, 3.8) is 0 Å². The van der Waals surface area contributed by atoms with Crippen LogP contribution in [0.4, 0.5) is 5.69 Å². The first-order valence-electron chi connectivity index (χ1n) is 11.2.